The molecule has 1 aliphatic heterocycles. The van der Waals surface area contributed by atoms with Gasteiger partial charge in [-0.25, -0.2) is 4.79 Å². The molecule has 2 aromatic carbocycles. The fourth-order valence-electron chi connectivity index (χ4n) is 3.20. The Labute approximate surface area is 175 Å². The van der Waals surface area contributed by atoms with E-state index < -0.39 is 18.0 Å². The molecule has 1 fully saturated rings. The summed E-state index contributed by atoms with van der Waals surface area (Å²) < 4.78 is 5.29. The largest absolute Gasteiger partial charge is 0.449 e. The summed E-state index contributed by atoms with van der Waals surface area (Å²) in [6.45, 7) is 4.13. The van der Waals surface area contributed by atoms with Gasteiger partial charge in [0.1, 0.15) is 0 Å². The Bertz CT molecular complexity index is 968. The third-order valence-electron chi connectivity index (χ3n) is 4.92. The van der Waals surface area contributed by atoms with Crippen LogP contribution in [0.5, 0.6) is 0 Å². The number of nitrogens with one attached hydrogen (secondary N) is 1. The van der Waals surface area contributed by atoms with Crippen LogP contribution in [-0.2, 0) is 20.9 Å². The maximum atomic E-state index is 12.5. The van der Waals surface area contributed by atoms with Crippen molar-refractivity contribution >= 4 is 29.3 Å². The number of likely N-dealkylation sites (tertiary alicyclic amines) is 1. The summed E-state index contributed by atoms with van der Waals surface area (Å²) in [5, 5.41) is 2.66. The van der Waals surface area contributed by atoms with E-state index in [9.17, 15) is 19.2 Å². The Morgan fingerprint density at radius 2 is 1.83 bits per heavy atom. The van der Waals surface area contributed by atoms with Crippen LogP contribution in [0.4, 0.5) is 5.69 Å². The molecule has 7 nitrogen and oxygen atoms in total. The van der Waals surface area contributed by atoms with Crippen molar-refractivity contribution in [3.05, 3.63) is 65.2 Å². The zero-order chi connectivity index (χ0) is 21.7. The Kier molecular flexibility index (Phi) is 6.61. The molecule has 0 saturated carbocycles. The van der Waals surface area contributed by atoms with Gasteiger partial charge >= 0.3 is 5.97 Å². The number of ether oxygens (including phenoxy) is 1. The van der Waals surface area contributed by atoms with Crippen molar-refractivity contribution in [2.45, 2.75) is 39.3 Å². The number of ketones is 1. The molecule has 0 spiro atoms. The third kappa shape index (κ3) is 5.31. The normalized spacial score (nSPS) is 14.3. The number of hydrogen-bond acceptors (Lipinski definition) is 5. The Hall–Kier alpha value is -3.48. The van der Waals surface area contributed by atoms with Crippen LogP contribution in [0.2, 0.25) is 0 Å². The number of amides is 2. The molecule has 3 rings (SSSR count). The summed E-state index contributed by atoms with van der Waals surface area (Å²) in [5.74, 6) is -1.03. The average Bonchev–Trinajstić information content (AvgIpc) is 3.13. The monoisotopic (exact) mass is 408 g/mol. The molecule has 0 bridgehead atoms. The molecular formula is C23H24N2O5. The molecule has 0 aromatic heterocycles. The zero-order valence-corrected chi connectivity index (χ0v) is 17.0. The highest BCUT2D eigenvalue weighted by Crippen LogP contribution is 2.16. The minimum absolute atomic E-state index is 0.0634. The molecule has 1 atom stereocenters. The maximum absolute atomic E-state index is 12.5. The van der Waals surface area contributed by atoms with Gasteiger partial charge in [-0.15, -0.1) is 0 Å². The van der Waals surface area contributed by atoms with Crippen molar-refractivity contribution in [1.82, 2.24) is 4.90 Å². The number of anilines is 1. The number of rotatable bonds is 7. The lowest BCUT2D eigenvalue weighted by Crippen LogP contribution is -2.30. The molecule has 1 unspecified atom stereocenters. The summed E-state index contributed by atoms with van der Waals surface area (Å²) in [4.78, 5) is 49.7. The van der Waals surface area contributed by atoms with Gasteiger partial charge in [-0.1, -0.05) is 12.1 Å². The molecule has 0 radical (unpaired) electrons. The van der Waals surface area contributed by atoms with E-state index >= 15 is 0 Å². The molecule has 1 N–H and O–H groups in total. The fraction of sp³-hybridized carbons (Fsp3) is 0.304. The van der Waals surface area contributed by atoms with E-state index in [0.717, 1.165) is 18.5 Å². The number of hydrogen-bond donors (Lipinski definition) is 1. The van der Waals surface area contributed by atoms with Crippen molar-refractivity contribution in [3.63, 3.8) is 0 Å². The van der Waals surface area contributed by atoms with Crippen LogP contribution < -0.4 is 5.32 Å². The van der Waals surface area contributed by atoms with Crippen molar-refractivity contribution in [3.8, 4) is 0 Å². The van der Waals surface area contributed by atoms with E-state index in [-0.39, 0.29) is 11.7 Å². The number of benzene rings is 2. The van der Waals surface area contributed by atoms with Crippen molar-refractivity contribution in [2.24, 2.45) is 0 Å². The lowest BCUT2D eigenvalue weighted by molar-refractivity contribution is -0.128. The van der Waals surface area contributed by atoms with Crippen molar-refractivity contribution in [1.29, 1.82) is 0 Å². The SMILES string of the molecule is CC(=O)c1ccc(NC(=O)C(C)OC(=O)c2cccc(CN3CCCC3=O)c2)cc1. The van der Waals surface area contributed by atoms with Gasteiger partial charge in [0.25, 0.3) is 5.91 Å². The van der Waals surface area contributed by atoms with E-state index in [2.05, 4.69) is 5.32 Å². The zero-order valence-electron chi connectivity index (χ0n) is 17.0. The van der Waals surface area contributed by atoms with Gasteiger partial charge in [0, 0.05) is 30.8 Å². The summed E-state index contributed by atoms with van der Waals surface area (Å²) >= 11 is 0. The van der Waals surface area contributed by atoms with E-state index in [1.807, 2.05) is 6.07 Å². The number of Topliss-reactive ketones (excluding diaryl/α,β-unsaturated/α-hetero) is 1. The highest BCUT2D eigenvalue weighted by molar-refractivity contribution is 5.98. The highest BCUT2D eigenvalue weighted by Gasteiger charge is 2.22. The first kappa shape index (κ1) is 21.2. The van der Waals surface area contributed by atoms with E-state index in [0.29, 0.717) is 29.8 Å². The van der Waals surface area contributed by atoms with Gasteiger partial charge in [-0.3, -0.25) is 14.4 Å². The first-order valence-corrected chi connectivity index (χ1v) is 9.83. The fourth-order valence-corrected chi connectivity index (χ4v) is 3.20. The molecule has 1 heterocycles. The molecule has 1 aliphatic rings. The molecule has 1 saturated heterocycles. The average molecular weight is 408 g/mol. The van der Waals surface area contributed by atoms with Gasteiger partial charge in [-0.05, 0) is 62.2 Å². The minimum Gasteiger partial charge on any atom is -0.449 e. The summed E-state index contributed by atoms with van der Waals surface area (Å²) in [5.41, 5.74) is 2.21. The minimum atomic E-state index is -1.01. The second kappa shape index (κ2) is 9.35. The molecular weight excluding hydrogens is 384 g/mol. The lowest BCUT2D eigenvalue weighted by Gasteiger charge is -2.16. The predicted molar refractivity (Wildman–Crippen MR) is 111 cm³/mol. The molecule has 0 aliphatic carbocycles. The first-order valence-electron chi connectivity index (χ1n) is 9.83. The van der Waals surface area contributed by atoms with Crippen LogP contribution in [-0.4, -0.2) is 41.1 Å². The summed E-state index contributed by atoms with van der Waals surface area (Å²) in [6, 6.07) is 13.3. The quantitative estimate of drug-likeness (QED) is 0.561. The predicted octanol–water partition coefficient (Wildman–Crippen LogP) is 3.20. The second-order valence-corrected chi connectivity index (χ2v) is 7.29. The van der Waals surface area contributed by atoms with Gasteiger partial charge < -0.3 is 15.0 Å². The van der Waals surface area contributed by atoms with Crippen LogP contribution in [0, 0.1) is 0 Å². The van der Waals surface area contributed by atoms with Crippen LogP contribution in [0.1, 0.15) is 53.0 Å². The Morgan fingerprint density at radius 1 is 1.10 bits per heavy atom. The van der Waals surface area contributed by atoms with Gasteiger partial charge in [0.15, 0.2) is 11.9 Å². The Balaban J connectivity index is 1.58. The van der Waals surface area contributed by atoms with E-state index in [1.54, 1.807) is 47.4 Å². The molecule has 7 heteroatoms. The molecule has 156 valence electrons. The summed E-state index contributed by atoms with van der Waals surface area (Å²) in [6.07, 6.45) is 0.407. The van der Waals surface area contributed by atoms with Crippen LogP contribution in [0.3, 0.4) is 0 Å². The molecule has 2 amide bonds. The summed E-state index contributed by atoms with van der Waals surface area (Å²) in [7, 11) is 0. The second-order valence-electron chi connectivity index (χ2n) is 7.29. The van der Waals surface area contributed by atoms with Gasteiger partial charge in [0.05, 0.1) is 5.56 Å². The lowest BCUT2D eigenvalue weighted by atomic mass is 10.1. The van der Waals surface area contributed by atoms with Crippen LogP contribution in [0.15, 0.2) is 48.5 Å². The molecule has 30 heavy (non-hydrogen) atoms. The smallest absolute Gasteiger partial charge is 0.338 e. The Morgan fingerprint density at radius 3 is 2.47 bits per heavy atom. The maximum Gasteiger partial charge on any atom is 0.338 e. The standard InChI is InChI=1S/C23H24N2O5/c1-15(26)18-8-10-20(11-9-18)24-22(28)16(2)30-23(29)19-6-3-5-17(13-19)14-25-12-4-7-21(25)27/h3,5-6,8-11,13,16H,4,7,12,14H2,1-2H3,(H,24,28). The van der Waals surface area contributed by atoms with Gasteiger partial charge in [-0.2, -0.15) is 0 Å². The van der Waals surface area contributed by atoms with Crippen molar-refractivity contribution < 1.29 is 23.9 Å². The van der Waals surface area contributed by atoms with Crippen LogP contribution >= 0.6 is 0 Å². The first-order chi connectivity index (χ1) is 14.3. The number of carbonyl (C=O) groups excluding carboxylic acids is 4. The number of nitrogens with zero attached hydrogens (tertiary/aromatic N) is 1. The van der Waals surface area contributed by atoms with Gasteiger partial charge in [0.2, 0.25) is 5.91 Å². The number of carbonyl (C=O) groups is 4. The molecule has 2 aromatic rings. The van der Waals surface area contributed by atoms with E-state index in [4.69, 9.17) is 4.74 Å². The van der Waals surface area contributed by atoms with E-state index in [1.165, 1.54) is 13.8 Å². The number of esters is 1. The third-order valence-corrected chi connectivity index (χ3v) is 4.92. The van der Waals surface area contributed by atoms with Crippen LogP contribution in [0.25, 0.3) is 0 Å². The van der Waals surface area contributed by atoms with Crippen molar-refractivity contribution in [2.75, 3.05) is 11.9 Å². The highest BCUT2D eigenvalue weighted by atomic mass is 16.5. The topological polar surface area (TPSA) is 92.8 Å².